The largest absolute Gasteiger partial charge is 0.494 e. The van der Waals surface area contributed by atoms with Crippen molar-refractivity contribution in [2.24, 2.45) is 5.73 Å². The van der Waals surface area contributed by atoms with Crippen LogP contribution in [0.15, 0.2) is 40.2 Å². The molecule has 1 aromatic carbocycles. The maximum absolute atomic E-state index is 10.5. The van der Waals surface area contributed by atoms with Gasteiger partial charge in [-0.15, -0.1) is 11.3 Å². The molecule has 2 atom stereocenters. The fraction of sp³-hybridized carbons (Fsp3) is 0.333. The van der Waals surface area contributed by atoms with Gasteiger partial charge in [0.05, 0.1) is 16.5 Å². The molecule has 0 fully saturated rings. The van der Waals surface area contributed by atoms with E-state index in [1.807, 2.05) is 43.3 Å². The smallest absolute Gasteiger partial charge is 0.119 e. The van der Waals surface area contributed by atoms with Crippen LogP contribution in [0.3, 0.4) is 0 Å². The summed E-state index contributed by atoms with van der Waals surface area (Å²) in [5.74, 6) is 0.719. The van der Waals surface area contributed by atoms with Gasteiger partial charge < -0.3 is 15.6 Å². The summed E-state index contributed by atoms with van der Waals surface area (Å²) in [5.41, 5.74) is 6.87. The van der Waals surface area contributed by atoms with E-state index in [0.717, 1.165) is 20.0 Å². The van der Waals surface area contributed by atoms with Crippen LogP contribution in [0.2, 0.25) is 0 Å². The molecule has 0 saturated heterocycles. The van der Waals surface area contributed by atoms with Crippen LogP contribution >= 0.6 is 27.3 Å². The van der Waals surface area contributed by atoms with E-state index in [1.54, 1.807) is 0 Å². The lowest BCUT2D eigenvalue weighted by Gasteiger charge is -2.21. The molecule has 2 aromatic rings. The van der Waals surface area contributed by atoms with Crippen LogP contribution in [0, 0.1) is 0 Å². The van der Waals surface area contributed by atoms with Crippen molar-refractivity contribution in [1.29, 1.82) is 0 Å². The summed E-state index contributed by atoms with van der Waals surface area (Å²) in [6.07, 6.45) is -0.589. The monoisotopic (exact) mass is 355 g/mol. The minimum absolute atomic E-state index is 0.115. The Morgan fingerprint density at radius 2 is 1.95 bits per heavy atom. The highest BCUT2D eigenvalue weighted by molar-refractivity contribution is 9.11. The van der Waals surface area contributed by atoms with E-state index >= 15 is 0 Å². The third kappa shape index (κ3) is 3.61. The number of ether oxygens (including phenoxy) is 1. The normalized spacial score (nSPS) is 14.0. The summed E-state index contributed by atoms with van der Waals surface area (Å²) in [5, 5.41) is 10.5. The molecule has 0 spiro atoms. The number of rotatable bonds is 6. The zero-order valence-electron chi connectivity index (χ0n) is 11.3. The van der Waals surface area contributed by atoms with Crippen LogP contribution in [-0.2, 0) is 0 Å². The first-order valence-electron chi connectivity index (χ1n) is 6.51. The Balaban J connectivity index is 2.18. The van der Waals surface area contributed by atoms with E-state index < -0.39 is 6.10 Å². The van der Waals surface area contributed by atoms with Gasteiger partial charge in [0.2, 0.25) is 0 Å². The molecule has 0 radical (unpaired) electrons. The van der Waals surface area contributed by atoms with E-state index in [4.69, 9.17) is 10.5 Å². The first-order valence-corrected chi connectivity index (χ1v) is 8.12. The fourth-order valence-electron chi connectivity index (χ4n) is 2.11. The van der Waals surface area contributed by atoms with Gasteiger partial charge in [-0.3, -0.25) is 0 Å². The van der Waals surface area contributed by atoms with Crippen LogP contribution in [0.25, 0.3) is 0 Å². The zero-order chi connectivity index (χ0) is 14.5. The van der Waals surface area contributed by atoms with Crippen LogP contribution in [0.4, 0.5) is 0 Å². The molecule has 1 heterocycles. The number of aliphatic hydroxyl groups excluding tert-OH is 1. The number of halogens is 1. The van der Waals surface area contributed by atoms with Crippen molar-refractivity contribution in [3.8, 4) is 5.75 Å². The molecule has 5 heteroatoms. The standard InChI is InChI=1S/C15H18BrNO2S/c1-2-19-11-5-3-10(4-6-11)12(9-17)15(18)13-7-8-14(16)20-13/h3-8,12,15,18H,2,9,17H2,1H3. The second kappa shape index (κ2) is 7.22. The van der Waals surface area contributed by atoms with Gasteiger partial charge >= 0.3 is 0 Å². The Morgan fingerprint density at radius 3 is 2.45 bits per heavy atom. The van der Waals surface area contributed by atoms with Gasteiger partial charge in [0, 0.05) is 17.3 Å². The van der Waals surface area contributed by atoms with Gasteiger partial charge in [0.25, 0.3) is 0 Å². The lowest BCUT2D eigenvalue weighted by atomic mass is 9.92. The molecule has 0 aliphatic rings. The maximum atomic E-state index is 10.5. The highest BCUT2D eigenvalue weighted by Crippen LogP contribution is 2.36. The van der Waals surface area contributed by atoms with Gasteiger partial charge in [-0.2, -0.15) is 0 Å². The van der Waals surface area contributed by atoms with Crippen LogP contribution in [-0.4, -0.2) is 18.3 Å². The highest BCUT2D eigenvalue weighted by Gasteiger charge is 2.22. The summed E-state index contributed by atoms with van der Waals surface area (Å²) < 4.78 is 6.43. The molecule has 0 aliphatic carbocycles. The molecule has 2 unspecified atom stereocenters. The first-order chi connectivity index (χ1) is 9.65. The predicted molar refractivity (Wildman–Crippen MR) is 86.4 cm³/mol. The average molecular weight is 356 g/mol. The molecule has 3 nitrogen and oxygen atoms in total. The number of thiophene rings is 1. The second-order valence-electron chi connectivity index (χ2n) is 4.43. The minimum atomic E-state index is -0.589. The average Bonchev–Trinajstić information content (AvgIpc) is 2.88. The first kappa shape index (κ1) is 15.5. The van der Waals surface area contributed by atoms with Gasteiger partial charge in [-0.05, 0) is 52.7 Å². The number of benzene rings is 1. The Hall–Kier alpha value is -0.880. The Morgan fingerprint density at radius 1 is 1.25 bits per heavy atom. The SMILES string of the molecule is CCOc1ccc(C(CN)C(O)c2ccc(Br)s2)cc1. The van der Waals surface area contributed by atoms with E-state index in [0.29, 0.717) is 13.2 Å². The minimum Gasteiger partial charge on any atom is -0.494 e. The van der Waals surface area contributed by atoms with Crippen molar-refractivity contribution in [2.45, 2.75) is 18.9 Å². The molecule has 108 valence electrons. The van der Waals surface area contributed by atoms with E-state index in [9.17, 15) is 5.11 Å². The summed E-state index contributed by atoms with van der Waals surface area (Å²) in [6, 6.07) is 11.6. The van der Waals surface area contributed by atoms with Crippen LogP contribution in [0.1, 0.15) is 29.4 Å². The molecule has 0 bridgehead atoms. The Labute approximate surface area is 131 Å². The Bertz CT molecular complexity index is 541. The van der Waals surface area contributed by atoms with Gasteiger partial charge in [-0.1, -0.05) is 12.1 Å². The van der Waals surface area contributed by atoms with E-state index in [2.05, 4.69) is 15.9 Å². The van der Waals surface area contributed by atoms with Crippen molar-refractivity contribution in [3.63, 3.8) is 0 Å². The highest BCUT2D eigenvalue weighted by atomic mass is 79.9. The molecule has 3 N–H and O–H groups in total. The number of hydrogen-bond donors (Lipinski definition) is 2. The third-order valence-corrected chi connectivity index (χ3v) is 4.83. The molecule has 1 aromatic heterocycles. The number of aliphatic hydroxyl groups is 1. The summed E-state index contributed by atoms with van der Waals surface area (Å²) in [7, 11) is 0. The lowest BCUT2D eigenvalue weighted by molar-refractivity contribution is 0.151. The van der Waals surface area contributed by atoms with Crippen molar-refractivity contribution in [3.05, 3.63) is 50.6 Å². The number of hydrogen-bond acceptors (Lipinski definition) is 4. The van der Waals surface area contributed by atoms with Gasteiger partial charge in [0.1, 0.15) is 5.75 Å². The zero-order valence-corrected chi connectivity index (χ0v) is 13.7. The van der Waals surface area contributed by atoms with Crippen molar-refractivity contribution in [2.75, 3.05) is 13.2 Å². The van der Waals surface area contributed by atoms with Crippen molar-refractivity contribution in [1.82, 2.24) is 0 Å². The van der Waals surface area contributed by atoms with Gasteiger partial charge in [0.15, 0.2) is 0 Å². The van der Waals surface area contributed by atoms with Crippen molar-refractivity contribution < 1.29 is 9.84 Å². The molecular formula is C15H18BrNO2S. The van der Waals surface area contributed by atoms with Crippen LogP contribution in [0.5, 0.6) is 5.75 Å². The summed E-state index contributed by atoms with van der Waals surface area (Å²) in [4.78, 5) is 0.918. The second-order valence-corrected chi connectivity index (χ2v) is 6.93. The summed E-state index contributed by atoms with van der Waals surface area (Å²) in [6.45, 7) is 2.99. The molecule has 0 saturated carbocycles. The summed E-state index contributed by atoms with van der Waals surface area (Å²) >= 11 is 4.95. The molecular weight excluding hydrogens is 338 g/mol. The Kier molecular flexibility index (Phi) is 5.60. The fourth-order valence-corrected chi connectivity index (χ4v) is 3.59. The van der Waals surface area contributed by atoms with Crippen LogP contribution < -0.4 is 10.5 Å². The topological polar surface area (TPSA) is 55.5 Å². The predicted octanol–water partition coefficient (Wildman–Crippen LogP) is 3.69. The maximum Gasteiger partial charge on any atom is 0.119 e. The van der Waals surface area contributed by atoms with Crippen molar-refractivity contribution >= 4 is 27.3 Å². The molecule has 0 amide bonds. The third-order valence-electron chi connectivity index (χ3n) is 3.14. The molecule has 2 rings (SSSR count). The quantitative estimate of drug-likeness (QED) is 0.830. The van der Waals surface area contributed by atoms with E-state index in [1.165, 1.54) is 11.3 Å². The molecule has 20 heavy (non-hydrogen) atoms. The van der Waals surface area contributed by atoms with Gasteiger partial charge in [-0.25, -0.2) is 0 Å². The number of nitrogens with two attached hydrogens (primary N) is 1. The molecule has 0 aliphatic heterocycles. The van der Waals surface area contributed by atoms with E-state index in [-0.39, 0.29) is 5.92 Å². The lowest BCUT2D eigenvalue weighted by Crippen LogP contribution is -2.19.